The van der Waals surface area contributed by atoms with Crippen LogP contribution in [0.4, 0.5) is 19.0 Å². The number of pyridine rings is 1. The third-order valence-corrected chi connectivity index (χ3v) is 3.25. The minimum Gasteiger partial charge on any atom is -0.356 e. The van der Waals surface area contributed by atoms with Crippen LogP contribution < -0.4 is 10.6 Å². The van der Waals surface area contributed by atoms with Crippen LogP contribution in [0.2, 0.25) is 0 Å². The van der Waals surface area contributed by atoms with Gasteiger partial charge in [-0.1, -0.05) is 0 Å². The topological polar surface area (TPSA) is 42.1 Å². The fraction of sp³-hybridized carbons (Fsp3) is 0.583. The number of anilines is 1. The van der Waals surface area contributed by atoms with Crippen molar-refractivity contribution in [2.75, 3.05) is 24.5 Å². The van der Waals surface area contributed by atoms with E-state index in [0.717, 1.165) is 31.5 Å². The highest BCUT2D eigenvalue weighted by Gasteiger charge is 2.31. The molecule has 0 radical (unpaired) electrons. The number of hydrogen-bond acceptors (Lipinski definition) is 3. The van der Waals surface area contributed by atoms with Gasteiger partial charge in [-0.2, -0.15) is 13.2 Å². The van der Waals surface area contributed by atoms with Gasteiger partial charge in [0.2, 0.25) is 0 Å². The van der Waals surface area contributed by atoms with Gasteiger partial charge in [-0.25, -0.2) is 4.98 Å². The third-order valence-electron chi connectivity index (χ3n) is 3.25. The fourth-order valence-corrected chi connectivity index (χ4v) is 2.23. The summed E-state index contributed by atoms with van der Waals surface area (Å²) in [5.74, 6) is 0.734. The molecule has 2 heterocycles. The molecule has 0 saturated carbocycles. The summed E-state index contributed by atoms with van der Waals surface area (Å²) in [6.45, 7) is 1.99. The molecule has 1 atom stereocenters. The smallest absolute Gasteiger partial charge is 0.356 e. The SMILES string of the molecule is NCC1CCCN(c2cc(C(F)(F)F)ccn2)C1. The second-order valence-electron chi connectivity index (χ2n) is 4.59. The molecular weight excluding hydrogens is 243 g/mol. The molecule has 6 heteroatoms. The number of hydrogen-bond donors (Lipinski definition) is 1. The molecule has 1 aromatic heterocycles. The summed E-state index contributed by atoms with van der Waals surface area (Å²) < 4.78 is 37.8. The van der Waals surface area contributed by atoms with Crippen LogP contribution in [0.15, 0.2) is 18.3 Å². The number of aromatic nitrogens is 1. The average Bonchev–Trinajstić information content (AvgIpc) is 2.38. The van der Waals surface area contributed by atoms with Crippen LogP contribution in [0.1, 0.15) is 18.4 Å². The van der Waals surface area contributed by atoms with Gasteiger partial charge in [-0.15, -0.1) is 0 Å². The number of nitrogens with zero attached hydrogens (tertiary/aromatic N) is 2. The molecular formula is C12H16F3N3. The van der Waals surface area contributed by atoms with E-state index in [-0.39, 0.29) is 0 Å². The molecule has 0 aliphatic carbocycles. The average molecular weight is 259 g/mol. The van der Waals surface area contributed by atoms with Crippen LogP contribution >= 0.6 is 0 Å². The number of piperidine rings is 1. The Balaban J connectivity index is 2.18. The van der Waals surface area contributed by atoms with E-state index in [2.05, 4.69) is 4.98 Å². The summed E-state index contributed by atoms with van der Waals surface area (Å²) in [6.07, 6.45) is -1.13. The molecule has 18 heavy (non-hydrogen) atoms. The largest absolute Gasteiger partial charge is 0.416 e. The lowest BCUT2D eigenvalue weighted by Crippen LogP contribution is -2.38. The molecule has 1 aliphatic heterocycles. The van der Waals surface area contributed by atoms with Crippen LogP contribution in [0.5, 0.6) is 0 Å². The highest BCUT2D eigenvalue weighted by atomic mass is 19.4. The molecule has 1 aromatic rings. The lowest BCUT2D eigenvalue weighted by molar-refractivity contribution is -0.137. The first-order chi connectivity index (χ1) is 8.50. The van der Waals surface area contributed by atoms with Crippen molar-refractivity contribution < 1.29 is 13.2 Å². The number of halogens is 3. The maximum atomic E-state index is 12.6. The molecule has 3 nitrogen and oxygen atoms in total. The highest BCUT2D eigenvalue weighted by molar-refractivity contribution is 5.42. The number of rotatable bonds is 2. The van der Waals surface area contributed by atoms with E-state index < -0.39 is 11.7 Å². The van der Waals surface area contributed by atoms with Crippen LogP contribution in [0.25, 0.3) is 0 Å². The maximum Gasteiger partial charge on any atom is 0.416 e. The Morgan fingerprint density at radius 2 is 2.22 bits per heavy atom. The van der Waals surface area contributed by atoms with Crippen LogP contribution in [0.3, 0.4) is 0 Å². The molecule has 1 saturated heterocycles. The van der Waals surface area contributed by atoms with Gasteiger partial charge in [0.05, 0.1) is 5.56 Å². The van der Waals surface area contributed by atoms with E-state index >= 15 is 0 Å². The van der Waals surface area contributed by atoms with Crippen molar-refractivity contribution in [2.24, 2.45) is 11.7 Å². The van der Waals surface area contributed by atoms with Gasteiger partial charge < -0.3 is 10.6 Å². The van der Waals surface area contributed by atoms with Gasteiger partial charge in [0.25, 0.3) is 0 Å². The predicted octanol–water partition coefficient (Wildman–Crippen LogP) is 2.28. The molecule has 0 bridgehead atoms. The summed E-state index contributed by atoms with van der Waals surface area (Å²) in [5.41, 5.74) is 4.97. The Hall–Kier alpha value is -1.30. The Bertz CT molecular complexity index is 406. The van der Waals surface area contributed by atoms with Crippen molar-refractivity contribution in [3.05, 3.63) is 23.9 Å². The zero-order valence-electron chi connectivity index (χ0n) is 9.95. The first kappa shape index (κ1) is 13.1. The highest BCUT2D eigenvalue weighted by Crippen LogP contribution is 2.31. The van der Waals surface area contributed by atoms with E-state index in [1.54, 1.807) is 0 Å². The van der Waals surface area contributed by atoms with Gasteiger partial charge in [-0.05, 0) is 37.4 Å². The minimum atomic E-state index is -4.32. The lowest BCUT2D eigenvalue weighted by atomic mass is 9.98. The molecule has 1 aliphatic rings. The summed E-state index contributed by atoms with van der Waals surface area (Å²) in [4.78, 5) is 5.92. The standard InChI is InChI=1S/C12H16F3N3/c13-12(14,15)10-3-4-17-11(6-10)18-5-1-2-9(7-16)8-18/h3-4,6,9H,1-2,5,7-8,16H2. The molecule has 2 N–H and O–H groups in total. The molecule has 0 aromatic carbocycles. The van der Waals surface area contributed by atoms with Crippen LogP contribution in [0, 0.1) is 5.92 Å². The number of nitrogens with two attached hydrogens (primary N) is 1. The fourth-order valence-electron chi connectivity index (χ4n) is 2.23. The van der Waals surface area contributed by atoms with Gasteiger partial charge in [0, 0.05) is 19.3 Å². The van der Waals surface area contributed by atoms with E-state index in [0.29, 0.717) is 24.8 Å². The summed E-state index contributed by atoms with van der Waals surface area (Å²) >= 11 is 0. The Morgan fingerprint density at radius 3 is 2.89 bits per heavy atom. The molecule has 0 amide bonds. The molecule has 0 spiro atoms. The van der Waals surface area contributed by atoms with Crippen molar-refractivity contribution in [3.63, 3.8) is 0 Å². The zero-order chi connectivity index (χ0) is 13.2. The van der Waals surface area contributed by atoms with Crippen LogP contribution in [-0.2, 0) is 6.18 Å². The van der Waals surface area contributed by atoms with Crippen LogP contribution in [-0.4, -0.2) is 24.6 Å². The third kappa shape index (κ3) is 2.93. The quantitative estimate of drug-likeness (QED) is 0.886. The monoisotopic (exact) mass is 259 g/mol. The summed E-state index contributed by atoms with van der Waals surface area (Å²) in [5, 5.41) is 0. The second-order valence-corrected chi connectivity index (χ2v) is 4.59. The minimum absolute atomic E-state index is 0.343. The maximum absolute atomic E-state index is 12.6. The molecule has 100 valence electrons. The van der Waals surface area contributed by atoms with Crippen molar-refractivity contribution in [1.82, 2.24) is 4.98 Å². The predicted molar refractivity (Wildman–Crippen MR) is 63.2 cm³/mol. The van der Waals surface area contributed by atoms with Crippen molar-refractivity contribution in [2.45, 2.75) is 19.0 Å². The summed E-state index contributed by atoms with van der Waals surface area (Å²) in [6, 6.07) is 2.10. The summed E-state index contributed by atoms with van der Waals surface area (Å²) in [7, 11) is 0. The Labute approximate surface area is 104 Å². The van der Waals surface area contributed by atoms with Gasteiger partial charge in [0.15, 0.2) is 0 Å². The van der Waals surface area contributed by atoms with Gasteiger partial charge in [-0.3, -0.25) is 0 Å². The molecule has 2 rings (SSSR count). The second kappa shape index (κ2) is 5.14. The number of alkyl halides is 3. The molecule has 1 unspecified atom stereocenters. The normalized spacial score (nSPS) is 21.1. The lowest BCUT2D eigenvalue weighted by Gasteiger charge is -2.33. The van der Waals surface area contributed by atoms with E-state index in [4.69, 9.17) is 5.73 Å². The molecule has 1 fully saturated rings. The first-order valence-corrected chi connectivity index (χ1v) is 5.99. The Morgan fingerprint density at radius 1 is 1.44 bits per heavy atom. The van der Waals surface area contributed by atoms with E-state index in [1.807, 2.05) is 4.90 Å². The first-order valence-electron chi connectivity index (χ1n) is 5.99. The Kier molecular flexibility index (Phi) is 3.75. The van der Waals surface area contributed by atoms with E-state index in [1.165, 1.54) is 6.20 Å². The van der Waals surface area contributed by atoms with Crippen molar-refractivity contribution in [3.8, 4) is 0 Å². The van der Waals surface area contributed by atoms with Crippen molar-refractivity contribution >= 4 is 5.82 Å². The van der Waals surface area contributed by atoms with Crippen molar-refractivity contribution in [1.29, 1.82) is 0 Å². The van der Waals surface area contributed by atoms with Gasteiger partial charge >= 0.3 is 6.18 Å². The van der Waals surface area contributed by atoms with E-state index in [9.17, 15) is 13.2 Å². The van der Waals surface area contributed by atoms with Gasteiger partial charge in [0.1, 0.15) is 5.82 Å². The zero-order valence-corrected chi connectivity index (χ0v) is 9.95.